The van der Waals surface area contributed by atoms with Crippen molar-refractivity contribution in [3.05, 3.63) is 95.1 Å². The Morgan fingerprint density at radius 1 is 0.527 bits per heavy atom. The Morgan fingerprint density at radius 3 is 1.16 bits per heavy atom. The summed E-state index contributed by atoms with van der Waals surface area (Å²) in [4.78, 5) is 25.3. The zero-order chi connectivity index (χ0) is 40.3. The lowest BCUT2D eigenvalue weighted by Crippen LogP contribution is -2.26. The summed E-state index contributed by atoms with van der Waals surface area (Å²) in [6.45, 7) is 21.1. The van der Waals surface area contributed by atoms with E-state index in [0.717, 1.165) is 25.7 Å². The molecule has 0 bridgehead atoms. The van der Waals surface area contributed by atoms with Crippen molar-refractivity contribution >= 4 is 11.9 Å². The summed E-state index contributed by atoms with van der Waals surface area (Å²) in [7, 11) is 0. The molecule has 0 radical (unpaired) electrons. The number of unbranched alkanes of at least 4 members (excludes halogenated alkanes) is 16. The first kappa shape index (κ1) is 48.0. The number of carbonyl (C=O) groups excluding carboxylic acids is 2. The Hall–Kier alpha value is -3.18. The van der Waals surface area contributed by atoms with Crippen LogP contribution in [0.1, 0.15) is 204 Å². The van der Waals surface area contributed by atoms with E-state index in [1.54, 1.807) is 13.8 Å². The molecule has 0 amide bonds. The molecule has 4 unspecified atom stereocenters. The van der Waals surface area contributed by atoms with Crippen LogP contribution in [0.2, 0.25) is 0 Å². The van der Waals surface area contributed by atoms with Crippen molar-refractivity contribution in [2.24, 2.45) is 0 Å². The molecule has 0 heterocycles. The van der Waals surface area contributed by atoms with Gasteiger partial charge in [0.1, 0.15) is 12.2 Å². The molecule has 2 rings (SSSR count). The van der Waals surface area contributed by atoms with Crippen LogP contribution in [-0.4, -0.2) is 24.1 Å². The van der Waals surface area contributed by atoms with Crippen LogP contribution < -0.4 is 5.32 Å². The van der Waals surface area contributed by atoms with Crippen molar-refractivity contribution in [2.75, 3.05) is 0 Å². The summed E-state index contributed by atoms with van der Waals surface area (Å²) in [5.41, 5.74) is 5.81. The van der Waals surface area contributed by atoms with Gasteiger partial charge in [-0.1, -0.05) is 191 Å². The normalized spacial score (nSPS) is 13.5. The molecule has 0 aliphatic heterocycles. The number of hydrogen-bond acceptors (Lipinski definition) is 5. The summed E-state index contributed by atoms with van der Waals surface area (Å²) in [6.07, 6.45) is 24.4. The summed E-state index contributed by atoms with van der Waals surface area (Å²) in [6, 6.07) is 17.3. The van der Waals surface area contributed by atoms with Gasteiger partial charge in [-0.25, -0.2) is 9.59 Å². The maximum Gasteiger partial charge on any atom is 0.333 e. The molecule has 5 heteroatoms. The molecule has 0 aliphatic rings. The fourth-order valence-corrected chi connectivity index (χ4v) is 7.78. The van der Waals surface area contributed by atoms with Gasteiger partial charge in [0, 0.05) is 36.1 Å². The predicted octanol–water partition coefficient (Wildman–Crippen LogP) is 14.0. The minimum atomic E-state index is -0.322. The van der Waals surface area contributed by atoms with E-state index in [9.17, 15) is 9.59 Å². The number of hydrogen-bond donors (Lipinski definition) is 1. The second-order valence-corrected chi connectivity index (χ2v) is 16.2. The third-order valence-electron chi connectivity index (χ3n) is 11.2. The minimum Gasteiger partial charge on any atom is -0.459 e. The van der Waals surface area contributed by atoms with Gasteiger partial charge in [-0.3, -0.25) is 0 Å². The lowest BCUT2D eigenvalue weighted by atomic mass is 9.85. The Balaban J connectivity index is 2.16. The van der Waals surface area contributed by atoms with Crippen molar-refractivity contribution in [1.29, 1.82) is 0 Å². The standard InChI is InChI=1S/C50H79NO4/c1-9-11-13-15-17-19-21-23-25-33-45(41(7)54-49(52)39(3)4)47-35-29-27-31-43(47)37-51-38-44-32-28-30-36-48(44)46(42(8)55-50(53)40(5)6)34-26-24-22-20-18-16-14-12-10-2/h27-32,35-36,41-42,45-46,51H,3,5,9-26,33-34,37-38H2,1-2,4,6-8H3. The van der Waals surface area contributed by atoms with Crippen molar-refractivity contribution in [2.45, 2.75) is 207 Å². The summed E-state index contributed by atoms with van der Waals surface area (Å²) in [5, 5.41) is 3.77. The van der Waals surface area contributed by atoms with E-state index in [2.05, 4.69) is 80.9 Å². The van der Waals surface area contributed by atoms with Gasteiger partial charge >= 0.3 is 11.9 Å². The van der Waals surface area contributed by atoms with Gasteiger partial charge in [0.2, 0.25) is 0 Å². The molecule has 0 saturated heterocycles. The summed E-state index contributed by atoms with van der Waals surface area (Å²) in [5.74, 6) is -0.445. The van der Waals surface area contributed by atoms with E-state index in [1.165, 1.54) is 125 Å². The van der Waals surface area contributed by atoms with Crippen LogP contribution >= 0.6 is 0 Å². The monoisotopic (exact) mass is 758 g/mol. The fourth-order valence-electron chi connectivity index (χ4n) is 7.78. The van der Waals surface area contributed by atoms with E-state index < -0.39 is 0 Å². The van der Waals surface area contributed by atoms with Crippen LogP contribution in [0.25, 0.3) is 0 Å². The number of rotatable bonds is 32. The Kier molecular flexibility index (Phi) is 25.4. The van der Waals surface area contributed by atoms with E-state index in [-0.39, 0.29) is 36.0 Å². The van der Waals surface area contributed by atoms with Crippen LogP contribution in [-0.2, 0) is 32.2 Å². The number of nitrogens with one attached hydrogen (secondary N) is 1. The second-order valence-electron chi connectivity index (χ2n) is 16.2. The highest BCUT2D eigenvalue weighted by Gasteiger charge is 2.27. The molecule has 0 aliphatic carbocycles. The number of benzene rings is 2. The van der Waals surface area contributed by atoms with Gasteiger partial charge in [0.05, 0.1) is 0 Å². The number of ether oxygens (including phenoxy) is 2. The second kappa shape index (κ2) is 29.1. The Bertz CT molecular complexity index is 1280. The largest absolute Gasteiger partial charge is 0.459 e. The smallest absolute Gasteiger partial charge is 0.333 e. The van der Waals surface area contributed by atoms with Crippen LogP contribution in [0.3, 0.4) is 0 Å². The first-order chi connectivity index (χ1) is 26.6. The van der Waals surface area contributed by atoms with E-state index >= 15 is 0 Å². The summed E-state index contributed by atoms with van der Waals surface area (Å²) >= 11 is 0. The van der Waals surface area contributed by atoms with Gasteiger partial charge < -0.3 is 14.8 Å². The zero-order valence-corrected chi connectivity index (χ0v) is 36.0. The molecule has 5 nitrogen and oxygen atoms in total. The highest BCUT2D eigenvalue weighted by Crippen LogP contribution is 2.33. The fraction of sp³-hybridized carbons (Fsp3) is 0.640. The van der Waals surface area contributed by atoms with Crippen molar-refractivity contribution < 1.29 is 19.1 Å². The molecule has 0 aromatic heterocycles. The van der Waals surface area contributed by atoms with Crippen LogP contribution in [0.15, 0.2) is 72.8 Å². The Morgan fingerprint density at radius 2 is 0.836 bits per heavy atom. The minimum absolute atomic E-state index is 0.0997. The van der Waals surface area contributed by atoms with Gasteiger partial charge in [-0.15, -0.1) is 0 Å². The van der Waals surface area contributed by atoms with Crippen LogP contribution in [0, 0.1) is 0 Å². The van der Waals surface area contributed by atoms with E-state index in [1.807, 2.05) is 13.8 Å². The molecule has 55 heavy (non-hydrogen) atoms. The zero-order valence-electron chi connectivity index (χ0n) is 36.0. The average molecular weight is 758 g/mol. The van der Waals surface area contributed by atoms with Crippen molar-refractivity contribution in [3.63, 3.8) is 0 Å². The lowest BCUT2D eigenvalue weighted by Gasteiger charge is -2.28. The van der Waals surface area contributed by atoms with Gasteiger partial charge in [-0.2, -0.15) is 0 Å². The number of carbonyl (C=O) groups is 2. The third-order valence-corrected chi connectivity index (χ3v) is 11.2. The van der Waals surface area contributed by atoms with E-state index in [4.69, 9.17) is 9.47 Å². The Labute approximate surface area is 337 Å². The first-order valence-corrected chi connectivity index (χ1v) is 22.2. The van der Waals surface area contributed by atoms with Crippen LogP contribution in [0.4, 0.5) is 0 Å². The number of esters is 2. The SMILES string of the molecule is C=C(C)C(=O)OC(C)C(CCCCCCCCCCC)c1ccccc1CNCc1ccccc1C(CCCCCCCCCCC)C(C)OC(=O)C(=C)C. The van der Waals surface area contributed by atoms with Crippen molar-refractivity contribution in [1.82, 2.24) is 5.32 Å². The predicted molar refractivity (Wildman–Crippen MR) is 233 cm³/mol. The van der Waals surface area contributed by atoms with Gasteiger partial charge in [0.25, 0.3) is 0 Å². The van der Waals surface area contributed by atoms with Gasteiger partial charge in [-0.05, 0) is 62.8 Å². The van der Waals surface area contributed by atoms with Crippen molar-refractivity contribution in [3.8, 4) is 0 Å². The molecule has 1 N–H and O–H groups in total. The molecule has 2 aromatic rings. The topological polar surface area (TPSA) is 64.6 Å². The maximum atomic E-state index is 12.6. The molecular formula is C50H79NO4. The molecule has 4 atom stereocenters. The highest BCUT2D eigenvalue weighted by molar-refractivity contribution is 5.87. The molecule has 0 saturated carbocycles. The first-order valence-electron chi connectivity index (χ1n) is 22.2. The maximum absolute atomic E-state index is 12.6. The highest BCUT2D eigenvalue weighted by atomic mass is 16.5. The third kappa shape index (κ3) is 19.5. The molecule has 308 valence electrons. The van der Waals surface area contributed by atoms with Gasteiger partial charge in [0.15, 0.2) is 0 Å². The molecular weight excluding hydrogens is 679 g/mol. The molecule has 0 spiro atoms. The molecule has 0 fully saturated rings. The molecule has 2 aromatic carbocycles. The van der Waals surface area contributed by atoms with Crippen LogP contribution in [0.5, 0.6) is 0 Å². The summed E-state index contributed by atoms with van der Waals surface area (Å²) < 4.78 is 11.9. The lowest BCUT2D eigenvalue weighted by molar-refractivity contribution is -0.145. The quantitative estimate of drug-likeness (QED) is 0.0457. The average Bonchev–Trinajstić information content (AvgIpc) is 3.17. The van der Waals surface area contributed by atoms with E-state index in [0.29, 0.717) is 24.2 Å².